The summed E-state index contributed by atoms with van der Waals surface area (Å²) in [7, 11) is 0. The molecule has 3 rings (SSSR count). The highest BCUT2D eigenvalue weighted by atomic mass is 16.6. The highest BCUT2D eigenvalue weighted by molar-refractivity contribution is 5.94. The second-order valence-corrected chi connectivity index (χ2v) is 5.55. The predicted molar refractivity (Wildman–Crippen MR) is 87.5 cm³/mol. The summed E-state index contributed by atoms with van der Waals surface area (Å²) in [5.74, 6) is 0.802. The topological polar surface area (TPSA) is 84.0 Å². The Labute approximate surface area is 135 Å². The number of rotatable bonds is 4. The highest BCUT2D eigenvalue weighted by Crippen LogP contribution is 2.12. The van der Waals surface area contributed by atoms with Crippen LogP contribution in [0.4, 0.5) is 10.5 Å². The van der Waals surface area contributed by atoms with E-state index in [-0.39, 0.29) is 12.2 Å². The molecule has 1 aromatic carbocycles. The van der Waals surface area contributed by atoms with Crippen LogP contribution in [0.25, 0.3) is 0 Å². The van der Waals surface area contributed by atoms with Crippen LogP contribution in [0.15, 0.2) is 29.3 Å². The first-order valence-electron chi connectivity index (χ1n) is 7.96. The zero-order valence-electron chi connectivity index (χ0n) is 13.0. The molecular formula is C16H22N4O3. The number of guanidine groups is 1. The lowest BCUT2D eigenvalue weighted by molar-refractivity contribution is 0.00151. The zero-order valence-corrected chi connectivity index (χ0v) is 13.0. The minimum Gasteiger partial charge on any atom is -0.446 e. The number of amides is 1. The van der Waals surface area contributed by atoms with E-state index in [1.165, 1.54) is 0 Å². The molecule has 0 spiro atoms. The number of aliphatic imine (C=N–C) groups is 1. The fourth-order valence-electron chi connectivity index (χ4n) is 2.49. The Kier molecular flexibility index (Phi) is 5.31. The molecule has 124 valence electrons. The molecule has 1 saturated heterocycles. The van der Waals surface area contributed by atoms with Crippen LogP contribution in [-0.2, 0) is 16.0 Å². The molecular weight excluding hydrogens is 296 g/mol. The summed E-state index contributed by atoms with van der Waals surface area (Å²) >= 11 is 0. The fraction of sp³-hybridized carbons (Fsp3) is 0.500. The standard InChI is InChI=1S/C16H22N4O3/c21-16(23-14-5-9-22-10-6-14)19-11-12-1-3-13(4-2-12)20-15-17-7-8-18-15/h1-4,14H,5-11H2,(H,19,21)(H2,17,18,20). The van der Waals surface area contributed by atoms with Gasteiger partial charge in [0.25, 0.3) is 0 Å². The Bertz CT molecular complexity index is 553. The number of carbonyl (C=O) groups excluding carboxylic acids is 1. The van der Waals surface area contributed by atoms with Gasteiger partial charge < -0.3 is 25.4 Å². The van der Waals surface area contributed by atoms with Crippen LogP contribution in [0.3, 0.4) is 0 Å². The van der Waals surface area contributed by atoms with Crippen molar-refractivity contribution in [3.63, 3.8) is 0 Å². The van der Waals surface area contributed by atoms with E-state index in [1.807, 2.05) is 24.3 Å². The van der Waals surface area contributed by atoms with E-state index in [0.29, 0.717) is 19.8 Å². The molecule has 2 aliphatic rings. The molecule has 0 bridgehead atoms. The number of hydrogen-bond donors (Lipinski definition) is 3. The van der Waals surface area contributed by atoms with Gasteiger partial charge in [-0.15, -0.1) is 0 Å². The summed E-state index contributed by atoms with van der Waals surface area (Å²) < 4.78 is 10.6. The smallest absolute Gasteiger partial charge is 0.407 e. The number of hydrogen-bond acceptors (Lipinski definition) is 6. The van der Waals surface area contributed by atoms with Crippen LogP contribution in [0.2, 0.25) is 0 Å². The van der Waals surface area contributed by atoms with Gasteiger partial charge in [0.1, 0.15) is 6.10 Å². The van der Waals surface area contributed by atoms with Gasteiger partial charge in [0.15, 0.2) is 5.96 Å². The number of nitrogens with zero attached hydrogens (tertiary/aromatic N) is 1. The molecule has 1 aromatic rings. The van der Waals surface area contributed by atoms with Crippen molar-refractivity contribution in [2.75, 3.05) is 31.6 Å². The van der Waals surface area contributed by atoms with E-state index in [9.17, 15) is 4.79 Å². The molecule has 7 heteroatoms. The molecule has 3 N–H and O–H groups in total. The van der Waals surface area contributed by atoms with Crippen LogP contribution in [0, 0.1) is 0 Å². The van der Waals surface area contributed by atoms with Crippen LogP contribution < -0.4 is 16.0 Å². The largest absolute Gasteiger partial charge is 0.446 e. The lowest BCUT2D eigenvalue weighted by Crippen LogP contribution is -2.32. The van der Waals surface area contributed by atoms with E-state index in [1.54, 1.807) is 0 Å². The second-order valence-electron chi connectivity index (χ2n) is 5.55. The maximum Gasteiger partial charge on any atom is 0.407 e. The number of alkyl carbamates (subject to hydrolysis) is 1. The Balaban J connectivity index is 1.41. The first kappa shape index (κ1) is 15.6. The lowest BCUT2D eigenvalue weighted by Gasteiger charge is -2.22. The number of nitrogens with one attached hydrogen (secondary N) is 3. The molecule has 0 radical (unpaired) electrons. The molecule has 0 aromatic heterocycles. The number of ether oxygens (including phenoxy) is 2. The van der Waals surface area contributed by atoms with E-state index in [4.69, 9.17) is 9.47 Å². The SMILES string of the molecule is O=C(NCc1ccc(NC2=NCCN2)cc1)OC1CCOCC1. The van der Waals surface area contributed by atoms with Gasteiger partial charge in [-0.2, -0.15) is 0 Å². The summed E-state index contributed by atoms with van der Waals surface area (Å²) in [6.07, 6.45) is 1.14. The number of carbonyl (C=O) groups is 1. The average Bonchev–Trinajstić information content (AvgIpc) is 3.08. The second kappa shape index (κ2) is 7.82. The predicted octanol–water partition coefficient (Wildman–Crippen LogP) is 1.46. The van der Waals surface area contributed by atoms with Gasteiger partial charge in [-0.1, -0.05) is 12.1 Å². The third-order valence-electron chi connectivity index (χ3n) is 3.77. The van der Waals surface area contributed by atoms with Crippen molar-refractivity contribution in [3.05, 3.63) is 29.8 Å². The summed E-state index contributed by atoms with van der Waals surface area (Å²) in [6, 6.07) is 7.85. The van der Waals surface area contributed by atoms with Crippen LogP contribution in [0.5, 0.6) is 0 Å². The Morgan fingerprint density at radius 1 is 1.30 bits per heavy atom. The van der Waals surface area contributed by atoms with Crippen molar-refractivity contribution in [1.29, 1.82) is 0 Å². The van der Waals surface area contributed by atoms with Gasteiger partial charge in [-0.3, -0.25) is 4.99 Å². The summed E-state index contributed by atoms with van der Waals surface area (Å²) in [6.45, 7) is 3.44. The van der Waals surface area contributed by atoms with Gasteiger partial charge in [0.05, 0.1) is 19.8 Å². The van der Waals surface area contributed by atoms with Gasteiger partial charge in [0.2, 0.25) is 0 Å². The van der Waals surface area contributed by atoms with E-state index < -0.39 is 0 Å². The van der Waals surface area contributed by atoms with Gasteiger partial charge in [-0.05, 0) is 17.7 Å². The van der Waals surface area contributed by atoms with Crippen molar-refractivity contribution >= 4 is 17.7 Å². The van der Waals surface area contributed by atoms with Crippen LogP contribution >= 0.6 is 0 Å². The summed E-state index contributed by atoms with van der Waals surface area (Å²) in [5, 5.41) is 9.14. The minimum absolute atomic E-state index is 0.0324. The van der Waals surface area contributed by atoms with E-state index in [2.05, 4.69) is 20.9 Å². The third-order valence-corrected chi connectivity index (χ3v) is 3.77. The summed E-state index contributed by atoms with van der Waals surface area (Å²) in [4.78, 5) is 16.1. The highest BCUT2D eigenvalue weighted by Gasteiger charge is 2.17. The Hall–Kier alpha value is -2.28. The molecule has 0 atom stereocenters. The first-order chi connectivity index (χ1) is 11.3. The van der Waals surface area contributed by atoms with Gasteiger partial charge >= 0.3 is 6.09 Å². The molecule has 0 saturated carbocycles. The van der Waals surface area contributed by atoms with Crippen molar-refractivity contribution in [3.8, 4) is 0 Å². The molecule has 1 amide bonds. The number of anilines is 1. The lowest BCUT2D eigenvalue weighted by atomic mass is 10.2. The molecule has 23 heavy (non-hydrogen) atoms. The fourth-order valence-corrected chi connectivity index (χ4v) is 2.49. The quantitative estimate of drug-likeness (QED) is 0.783. The van der Waals surface area contributed by atoms with Crippen molar-refractivity contribution < 1.29 is 14.3 Å². The van der Waals surface area contributed by atoms with Crippen LogP contribution in [-0.4, -0.2) is 44.5 Å². The van der Waals surface area contributed by atoms with Crippen molar-refractivity contribution in [2.24, 2.45) is 4.99 Å². The van der Waals surface area contributed by atoms with Gasteiger partial charge in [-0.25, -0.2) is 4.79 Å². The zero-order chi connectivity index (χ0) is 15.9. The minimum atomic E-state index is -0.372. The number of benzene rings is 1. The normalized spacial score (nSPS) is 18.0. The monoisotopic (exact) mass is 318 g/mol. The Morgan fingerprint density at radius 2 is 2.09 bits per heavy atom. The average molecular weight is 318 g/mol. The van der Waals surface area contributed by atoms with Gasteiger partial charge in [0, 0.05) is 31.6 Å². The Morgan fingerprint density at radius 3 is 2.78 bits per heavy atom. The molecule has 2 heterocycles. The van der Waals surface area contributed by atoms with Crippen molar-refractivity contribution in [2.45, 2.75) is 25.5 Å². The molecule has 7 nitrogen and oxygen atoms in total. The molecule has 0 aliphatic carbocycles. The maximum absolute atomic E-state index is 11.8. The van der Waals surface area contributed by atoms with E-state index in [0.717, 1.165) is 43.1 Å². The molecule has 2 aliphatic heterocycles. The third kappa shape index (κ3) is 4.85. The summed E-state index contributed by atoms with van der Waals surface area (Å²) in [5.41, 5.74) is 1.98. The molecule has 0 unspecified atom stereocenters. The maximum atomic E-state index is 11.8. The van der Waals surface area contributed by atoms with Crippen LogP contribution in [0.1, 0.15) is 18.4 Å². The van der Waals surface area contributed by atoms with E-state index >= 15 is 0 Å². The molecule has 1 fully saturated rings. The first-order valence-corrected chi connectivity index (χ1v) is 7.96. The van der Waals surface area contributed by atoms with Crippen molar-refractivity contribution in [1.82, 2.24) is 10.6 Å².